The number of ether oxygens (including phenoxy) is 3. The Morgan fingerprint density at radius 2 is 1.92 bits per heavy atom. The van der Waals surface area contributed by atoms with Crippen LogP contribution in [0.3, 0.4) is 0 Å². The summed E-state index contributed by atoms with van der Waals surface area (Å²) in [5.41, 5.74) is 2.91. The number of hydrazine groups is 1. The highest BCUT2D eigenvalue weighted by Gasteiger charge is 2.18. The molecule has 8 nitrogen and oxygen atoms in total. The molecule has 3 rings (SSSR count). The fraction of sp³-hybridized carbons (Fsp3) is 0.111. The van der Waals surface area contributed by atoms with Gasteiger partial charge in [-0.15, -0.1) is 0 Å². The Morgan fingerprint density at radius 1 is 1.15 bits per heavy atom. The van der Waals surface area contributed by atoms with Gasteiger partial charge in [-0.1, -0.05) is 18.2 Å². The van der Waals surface area contributed by atoms with Crippen molar-refractivity contribution >= 4 is 17.9 Å². The van der Waals surface area contributed by atoms with Gasteiger partial charge in [-0.05, 0) is 35.9 Å². The number of carbonyl (C=O) groups is 2. The minimum Gasteiger partial charge on any atom is -0.496 e. The van der Waals surface area contributed by atoms with Gasteiger partial charge in [-0.25, -0.2) is 5.84 Å². The van der Waals surface area contributed by atoms with Crippen LogP contribution in [0.4, 0.5) is 0 Å². The molecule has 0 saturated heterocycles. The first-order chi connectivity index (χ1) is 12.6. The predicted octanol–water partition coefficient (Wildman–Crippen LogP) is 1.18. The number of methoxy groups -OCH3 is 1. The molecule has 0 unspecified atom stereocenters. The molecule has 1 heterocycles. The number of nitrogens with two attached hydrogens (primary N) is 1. The Bertz CT molecular complexity index is 879. The highest BCUT2D eigenvalue weighted by Crippen LogP contribution is 2.33. The highest BCUT2D eigenvalue weighted by molar-refractivity contribution is 6.06. The summed E-state index contributed by atoms with van der Waals surface area (Å²) in [5, 5.41) is 2.55. The van der Waals surface area contributed by atoms with Gasteiger partial charge in [0.25, 0.3) is 11.8 Å². The number of fused-ring (bicyclic) bond motifs is 1. The molecule has 0 saturated carbocycles. The summed E-state index contributed by atoms with van der Waals surface area (Å²) in [5.74, 6) is 5.64. The Morgan fingerprint density at radius 3 is 2.69 bits per heavy atom. The van der Waals surface area contributed by atoms with Gasteiger partial charge in [-0.2, -0.15) is 0 Å². The monoisotopic (exact) mass is 355 g/mol. The molecule has 0 radical (unpaired) electrons. The van der Waals surface area contributed by atoms with Crippen LogP contribution in [-0.2, 0) is 4.79 Å². The van der Waals surface area contributed by atoms with Crippen molar-refractivity contribution in [2.75, 3.05) is 13.9 Å². The molecule has 0 bridgehead atoms. The summed E-state index contributed by atoms with van der Waals surface area (Å²) in [6, 6.07) is 11.8. The molecule has 0 atom stereocenters. The summed E-state index contributed by atoms with van der Waals surface area (Å²) in [4.78, 5) is 24.6. The number of hydrogen-bond donors (Lipinski definition) is 3. The van der Waals surface area contributed by atoms with E-state index in [2.05, 4.69) is 5.32 Å². The zero-order valence-electron chi connectivity index (χ0n) is 13.9. The number of carbonyl (C=O) groups excluding carboxylic acids is 2. The van der Waals surface area contributed by atoms with Gasteiger partial charge >= 0.3 is 0 Å². The Hall–Kier alpha value is -3.52. The fourth-order valence-corrected chi connectivity index (χ4v) is 2.43. The number of benzene rings is 2. The number of amides is 2. The molecular formula is C18H17N3O5. The summed E-state index contributed by atoms with van der Waals surface area (Å²) >= 11 is 0. The van der Waals surface area contributed by atoms with E-state index in [1.807, 2.05) is 5.43 Å². The van der Waals surface area contributed by atoms with Crippen molar-refractivity contribution in [1.29, 1.82) is 0 Å². The largest absolute Gasteiger partial charge is 0.496 e. The van der Waals surface area contributed by atoms with Crippen LogP contribution >= 0.6 is 0 Å². The summed E-state index contributed by atoms with van der Waals surface area (Å²) in [6.45, 7) is 0.142. The van der Waals surface area contributed by atoms with Crippen LogP contribution in [0.2, 0.25) is 0 Å². The average Bonchev–Trinajstić information content (AvgIpc) is 3.14. The summed E-state index contributed by atoms with van der Waals surface area (Å²) in [7, 11) is 1.46. The maximum Gasteiger partial charge on any atom is 0.281 e. The van der Waals surface area contributed by atoms with E-state index < -0.39 is 11.8 Å². The van der Waals surface area contributed by atoms with Crippen molar-refractivity contribution < 1.29 is 23.8 Å². The number of rotatable bonds is 5. The molecule has 0 aromatic heterocycles. The third kappa shape index (κ3) is 3.60. The minimum atomic E-state index is -0.647. The SMILES string of the molecule is COc1ccccc1C(=O)N/C(=C\c1ccc2c(c1)OCO2)C(=O)NN. The van der Waals surface area contributed by atoms with Gasteiger partial charge in [0, 0.05) is 0 Å². The molecule has 4 N–H and O–H groups in total. The quantitative estimate of drug-likeness (QED) is 0.321. The van der Waals surface area contributed by atoms with Crippen LogP contribution in [0.25, 0.3) is 6.08 Å². The minimum absolute atomic E-state index is 0.0257. The first kappa shape index (κ1) is 17.3. The van der Waals surface area contributed by atoms with Crippen LogP contribution in [-0.4, -0.2) is 25.7 Å². The summed E-state index contributed by atoms with van der Waals surface area (Å²) in [6.07, 6.45) is 1.48. The topological polar surface area (TPSA) is 112 Å². The lowest BCUT2D eigenvalue weighted by Gasteiger charge is -2.11. The number of nitrogens with one attached hydrogen (secondary N) is 2. The van der Waals surface area contributed by atoms with Crippen LogP contribution in [0.15, 0.2) is 48.2 Å². The van der Waals surface area contributed by atoms with Gasteiger partial charge < -0.3 is 19.5 Å². The van der Waals surface area contributed by atoms with Crippen molar-refractivity contribution in [2.24, 2.45) is 5.84 Å². The van der Waals surface area contributed by atoms with E-state index in [0.717, 1.165) is 0 Å². The molecule has 0 fully saturated rings. The molecule has 26 heavy (non-hydrogen) atoms. The van der Waals surface area contributed by atoms with Gasteiger partial charge in [0.1, 0.15) is 11.4 Å². The standard InChI is InChI=1S/C18H17N3O5/c1-24-14-5-3-2-4-12(14)17(22)20-13(18(23)21-19)8-11-6-7-15-16(9-11)26-10-25-15/h2-9H,10,19H2,1H3,(H,20,22)(H,21,23)/b13-8-. The molecule has 1 aliphatic rings. The average molecular weight is 355 g/mol. The van der Waals surface area contributed by atoms with Crippen LogP contribution in [0, 0.1) is 0 Å². The molecule has 1 aliphatic heterocycles. The zero-order valence-corrected chi connectivity index (χ0v) is 13.9. The molecule has 8 heteroatoms. The van der Waals surface area contributed by atoms with Crippen LogP contribution in [0.1, 0.15) is 15.9 Å². The van der Waals surface area contributed by atoms with E-state index in [1.54, 1.807) is 42.5 Å². The van der Waals surface area contributed by atoms with Gasteiger partial charge in [0.15, 0.2) is 11.5 Å². The predicted molar refractivity (Wildman–Crippen MR) is 93.3 cm³/mol. The fourth-order valence-electron chi connectivity index (χ4n) is 2.43. The normalized spacial score (nSPS) is 12.5. The Balaban J connectivity index is 1.89. The van der Waals surface area contributed by atoms with E-state index in [0.29, 0.717) is 22.8 Å². The van der Waals surface area contributed by atoms with Crippen molar-refractivity contribution in [3.05, 3.63) is 59.3 Å². The van der Waals surface area contributed by atoms with E-state index in [9.17, 15) is 9.59 Å². The first-order valence-electron chi connectivity index (χ1n) is 7.69. The zero-order chi connectivity index (χ0) is 18.5. The smallest absolute Gasteiger partial charge is 0.281 e. The van der Waals surface area contributed by atoms with E-state index >= 15 is 0 Å². The third-order valence-electron chi connectivity index (χ3n) is 3.68. The number of hydrogen-bond acceptors (Lipinski definition) is 6. The lowest BCUT2D eigenvalue weighted by molar-refractivity contribution is -0.117. The molecule has 2 amide bonds. The molecule has 2 aromatic rings. The second-order valence-electron chi connectivity index (χ2n) is 5.30. The van der Waals surface area contributed by atoms with E-state index in [4.69, 9.17) is 20.1 Å². The second-order valence-corrected chi connectivity index (χ2v) is 5.30. The van der Waals surface area contributed by atoms with E-state index in [1.165, 1.54) is 13.2 Å². The van der Waals surface area contributed by atoms with Crippen molar-refractivity contribution in [3.8, 4) is 17.2 Å². The first-order valence-corrected chi connectivity index (χ1v) is 7.69. The van der Waals surface area contributed by atoms with Crippen LogP contribution < -0.4 is 30.8 Å². The van der Waals surface area contributed by atoms with Crippen molar-refractivity contribution in [2.45, 2.75) is 0 Å². The van der Waals surface area contributed by atoms with Crippen molar-refractivity contribution in [1.82, 2.24) is 10.7 Å². The maximum absolute atomic E-state index is 12.5. The van der Waals surface area contributed by atoms with Gasteiger partial charge in [-0.3, -0.25) is 15.0 Å². The lowest BCUT2D eigenvalue weighted by Crippen LogP contribution is -2.38. The number of para-hydroxylation sites is 1. The highest BCUT2D eigenvalue weighted by atomic mass is 16.7. The second kappa shape index (κ2) is 7.58. The molecule has 0 aliphatic carbocycles. The third-order valence-corrected chi connectivity index (χ3v) is 3.68. The van der Waals surface area contributed by atoms with Crippen molar-refractivity contribution in [3.63, 3.8) is 0 Å². The lowest BCUT2D eigenvalue weighted by atomic mass is 10.1. The molecular weight excluding hydrogens is 338 g/mol. The van der Waals surface area contributed by atoms with E-state index in [-0.39, 0.29) is 18.1 Å². The maximum atomic E-state index is 12.5. The van der Waals surface area contributed by atoms with Gasteiger partial charge in [0.2, 0.25) is 6.79 Å². The molecule has 2 aromatic carbocycles. The van der Waals surface area contributed by atoms with Crippen LogP contribution in [0.5, 0.6) is 17.2 Å². The van der Waals surface area contributed by atoms with Gasteiger partial charge in [0.05, 0.1) is 12.7 Å². The molecule has 0 spiro atoms. The summed E-state index contributed by atoms with van der Waals surface area (Å²) < 4.78 is 15.7. The Kier molecular flexibility index (Phi) is 5.04. The Labute approximate surface area is 149 Å². The molecule has 134 valence electrons.